The SMILES string of the molecule is O[C@H](CO/N=C1\CCCC\C1=C/c1ccccc1Cl)CN1CCN(c2ccccc2)CC1. The number of oxime groups is 1. The van der Waals surface area contributed by atoms with Crippen LogP contribution in [0.15, 0.2) is 65.3 Å². The molecule has 1 heterocycles. The third kappa shape index (κ3) is 6.35. The predicted octanol–water partition coefficient (Wildman–Crippen LogP) is 4.85. The molecular weight excluding hydrogens is 422 g/mol. The highest BCUT2D eigenvalue weighted by molar-refractivity contribution is 6.32. The zero-order valence-electron chi connectivity index (χ0n) is 18.5. The monoisotopic (exact) mass is 453 g/mol. The van der Waals surface area contributed by atoms with Gasteiger partial charge in [0.1, 0.15) is 12.7 Å². The maximum atomic E-state index is 10.5. The highest BCUT2D eigenvalue weighted by atomic mass is 35.5. The lowest BCUT2D eigenvalue weighted by Gasteiger charge is -2.36. The molecule has 0 radical (unpaired) electrons. The van der Waals surface area contributed by atoms with Gasteiger partial charge in [0.2, 0.25) is 0 Å². The third-order valence-electron chi connectivity index (χ3n) is 6.12. The minimum absolute atomic E-state index is 0.210. The van der Waals surface area contributed by atoms with E-state index in [0.29, 0.717) is 6.54 Å². The zero-order chi connectivity index (χ0) is 22.2. The van der Waals surface area contributed by atoms with Gasteiger partial charge in [0, 0.05) is 43.4 Å². The summed E-state index contributed by atoms with van der Waals surface area (Å²) in [6, 6.07) is 18.3. The minimum atomic E-state index is -0.554. The van der Waals surface area contributed by atoms with Crippen molar-refractivity contribution >= 4 is 29.1 Å². The molecule has 0 amide bonds. The number of para-hydroxylation sites is 1. The molecule has 2 aliphatic rings. The van der Waals surface area contributed by atoms with Crippen molar-refractivity contribution in [3.8, 4) is 0 Å². The standard InChI is InChI=1S/C26H32ClN3O2/c27-25-12-6-4-8-21(25)18-22-9-5-7-13-26(22)28-32-20-24(31)19-29-14-16-30(17-15-29)23-10-2-1-3-11-23/h1-4,6,8,10-12,18,24,31H,5,7,9,13-17,19-20H2/b22-18+,28-26+/t24-/m0/s1. The second kappa shape index (κ2) is 11.5. The third-order valence-corrected chi connectivity index (χ3v) is 6.46. The summed E-state index contributed by atoms with van der Waals surface area (Å²) in [7, 11) is 0. The molecule has 0 aromatic heterocycles. The van der Waals surface area contributed by atoms with Gasteiger partial charge >= 0.3 is 0 Å². The van der Waals surface area contributed by atoms with Crippen LogP contribution >= 0.6 is 11.6 Å². The number of nitrogens with zero attached hydrogens (tertiary/aromatic N) is 3. The molecule has 2 fully saturated rings. The quantitative estimate of drug-likeness (QED) is 0.608. The lowest BCUT2D eigenvalue weighted by molar-refractivity contribution is 0.0179. The van der Waals surface area contributed by atoms with Gasteiger partial charge in [-0.1, -0.05) is 53.2 Å². The molecule has 2 aromatic rings. The number of allylic oxidation sites excluding steroid dienone is 1. The lowest BCUT2D eigenvalue weighted by Crippen LogP contribution is -2.49. The Labute approximate surface area is 195 Å². The molecule has 2 aromatic carbocycles. The van der Waals surface area contributed by atoms with Gasteiger partial charge in [-0.15, -0.1) is 0 Å². The van der Waals surface area contributed by atoms with Gasteiger partial charge in [-0.05, 0) is 61.1 Å². The van der Waals surface area contributed by atoms with E-state index in [0.717, 1.165) is 68.2 Å². The maximum Gasteiger partial charge on any atom is 0.144 e. The van der Waals surface area contributed by atoms with E-state index in [-0.39, 0.29) is 6.61 Å². The van der Waals surface area contributed by atoms with E-state index in [9.17, 15) is 5.11 Å². The van der Waals surface area contributed by atoms with Crippen LogP contribution in [0.3, 0.4) is 0 Å². The number of aliphatic hydroxyl groups is 1. The van der Waals surface area contributed by atoms with Crippen molar-refractivity contribution in [3.05, 3.63) is 70.8 Å². The Morgan fingerprint density at radius 2 is 1.69 bits per heavy atom. The van der Waals surface area contributed by atoms with E-state index in [1.54, 1.807) is 0 Å². The van der Waals surface area contributed by atoms with Crippen molar-refractivity contribution in [2.24, 2.45) is 5.16 Å². The van der Waals surface area contributed by atoms with Crippen LogP contribution in [0.2, 0.25) is 5.02 Å². The Morgan fingerprint density at radius 3 is 2.47 bits per heavy atom. The summed E-state index contributed by atoms with van der Waals surface area (Å²) in [5.74, 6) is 0. The highest BCUT2D eigenvalue weighted by Crippen LogP contribution is 2.26. The van der Waals surface area contributed by atoms with Gasteiger partial charge in [-0.25, -0.2) is 0 Å². The number of β-amino-alcohol motifs (C(OH)–C–C–N with tert-alkyl or cyclic N) is 1. The van der Waals surface area contributed by atoms with Crippen LogP contribution in [0.4, 0.5) is 5.69 Å². The van der Waals surface area contributed by atoms with Crippen LogP contribution in [0.25, 0.3) is 6.08 Å². The fourth-order valence-corrected chi connectivity index (χ4v) is 4.52. The molecule has 1 saturated heterocycles. The molecule has 1 aliphatic heterocycles. The van der Waals surface area contributed by atoms with E-state index in [1.165, 1.54) is 11.3 Å². The Morgan fingerprint density at radius 1 is 0.969 bits per heavy atom. The van der Waals surface area contributed by atoms with Gasteiger partial charge in [0.05, 0.1) is 5.71 Å². The summed E-state index contributed by atoms with van der Waals surface area (Å²) in [5, 5.41) is 15.6. The van der Waals surface area contributed by atoms with Gasteiger partial charge in [0.15, 0.2) is 0 Å². The molecule has 6 heteroatoms. The molecule has 1 saturated carbocycles. The largest absolute Gasteiger partial charge is 0.393 e. The second-order valence-corrected chi connectivity index (χ2v) is 8.92. The molecule has 170 valence electrons. The smallest absolute Gasteiger partial charge is 0.144 e. The van der Waals surface area contributed by atoms with E-state index in [4.69, 9.17) is 16.4 Å². The average Bonchev–Trinajstić information content (AvgIpc) is 2.83. The lowest BCUT2D eigenvalue weighted by atomic mass is 9.91. The van der Waals surface area contributed by atoms with Gasteiger partial charge in [-0.3, -0.25) is 4.90 Å². The number of hydrogen-bond acceptors (Lipinski definition) is 5. The van der Waals surface area contributed by atoms with Crippen molar-refractivity contribution in [3.63, 3.8) is 0 Å². The van der Waals surface area contributed by atoms with E-state index < -0.39 is 6.10 Å². The van der Waals surface area contributed by atoms with Crippen LogP contribution in [0.5, 0.6) is 0 Å². The van der Waals surface area contributed by atoms with E-state index in [1.807, 2.05) is 30.3 Å². The Kier molecular flexibility index (Phi) is 8.21. The molecule has 0 spiro atoms. The number of halogens is 1. The average molecular weight is 454 g/mol. The molecule has 1 aliphatic carbocycles. The van der Waals surface area contributed by atoms with Crippen molar-refractivity contribution < 1.29 is 9.94 Å². The van der Waals surface area contributed by atoms with Crippen LogP contribution < -0.4 is 4.90 Å². The Bertz CT molecular complexity index is 924. The number of rotatable bonds is 7. The topological polar surface area (TPSA) is 48.3 Å². The Hall–Kier alpha value is -2.34. The van der Waals surface area contributed by atoms with Gasteiger partial charge in [0.25, 0.3) is 0 Å². The maximum absolute atomic E-state index is 10.5. The van der Waals surface area contributed by atoms with Crippen molar-refractivity contribution in [2.75, 3.05) is 44.2 Å². The predicted molar refractivity (Wildman–Crippen MR) is 132 cm³/mol. The molecule has 1 atom stereocenters. The number of piperazine rings is 1. The van der Waals surface area contributed by atoms with Crippen molar-refractivity contribution in [2.45, 2.75) is 31.8 Å². The van der Waals surface area contributed by atoms with E-state index >= 15 is 0 Å². The van der Waals surface area contributed by atoms with E-state index in [2.05, 4.69) is 45.3 Å². The van der Waals surface area contributed by atoms with Crippen molar-refractivity contribution in [1.82, 2.24) is 4.90 Å². The highest BCUT2D eigenvalue weighted by Gasteiger charge is 2.20. The molecule has 1 N–H and O–H groups in total. The molecule has 0 unspecified atom stereocenters. The van der Waals surface area contributed by atoms with Crippen LogP contribution in [-0.2, 0) is 4.84 Å². The van der Waals surface area contributed by atoms with Gasteiger partial charge in [-0.2, -0.15) is 0 Å². The number of anilines is 1. The number of aliphatic hydroxyl groups excluding tert-OH is 1. The molecule has 4 rings (SSSR count). The van der Waals surface area contributed by atoms with Gasteiger partial charge < -0.3 is 14.8 Å². The summed E-state index contributed by atoms with van der Waals surface area (Å²) in [6.45, 7) is 4.63. The summed E-state index contributed by atoms with van der Waals surface area (Å²) in [6.07, 6.45) is 5.69. The van der Waals surface area contributed by atoms with Crippen LogP contribution in [0, 0.1) is 0 Å². The minimum Gasteiger partial charge on any atom is -0.393 e. The summed E-state index contributed by atoms with van der Waals surface area (Å²) >= 11 is 6.32. The summed E-state index contributed by atoms with van der Waals surface area (Å²) in [4.78, 5) is 10.3. The molecule has 32 heavy (non-hydrogen) atoms. The first-order valence-electron chi connectivity index (χ1n) is 11.5. The number of benzene rings is 2. The molecular formula is C26H32ClN3O2. The van der Waals surface area contributed by atoms with Crippen LogP contribution in [0.1, 0.15) is 31.2 Å². The first kappa shape index (κ1) is 22.8. The second-order valence-electron chi connectivity index (χ2n) is 8.51. The zero-order valence-corrected chi connectivity index (χ0v) is 19.3. The van der Waals surface area contributed by atoms with Crippen molar-refractivity contribution in [1.29, 1.82) is 0 Å². The summed E-state index contributed by atoms with van der Waals surface area (Å²) < 4.78 is 0. The number of hydrogen-bond donors (Lipinski definition) is 1. The first-order valence-corrected chi connectivity index (χ1v) is 11.9. The molecule has 0 bridgehead atoms. The first-order chi connectivity index (χ1) is 15.7. The molecule has 5 nitrogen and oxygen atoms in total. The summed E-state index contributed by atoms with van der Waals surface area (Å²) in [5.41, 5.74) is 4.42. The fraction of sp³-hybridized carbons (Fsp3) is 0.423. The fourth-order valence-electron chi connectivity index (χ4n) is 4.33. The normalized spacial score (nSPS) is 21.1. The Balaban J connectivity index is 1.25. The van der Waals surface area contributed by atoms with Crippen LogP contribution in [-0.4, -0.2) is 61.2 Å².